The van der Waals surface area contributed by atoms with Crippen molar-refractivity contribution in [2.24, 2.45) is 11.7 Å². The molecule has 1 atom stereocenters. The van der Waals surface area contributed by atoms with Crippen LogP contribution in [0.25, 0.3) is 0 Å². The maximum Gasteiger partial charge on any atom is 0.237 e. The fourth-order valence-corrected chi connectivity index (χ4v) is 3.03. The van der Waals surface area contributed by atoms with Gasteiger partial charge in [-0.3, -0.25) is 4.79 Å². The molecular weight excluding hydrogens is 268 g/mol. The van der Waals surface area contributed by atoms with E-state index in [0.29, 0.717) is 19.1 Å². The van der Waals surface area contributed by atoms with Crippen LogP contribution in [0, 0.1) is 5.92 Å². The van der Waals surface area contributed by atoms with E-state index in [-0.39, 0.29) is 11.9 Å². The predicted octanol–water partition coefficient (Wildman–Crippen LogP) is 1.37. The van der Waals surface area contributed by atoms with Gasteiger partial charge < -0.3 is 20.5 Å². The van der Waals surface area contributed by atoms with Crippen LogP contribution in [0.1, 0.15) is 31.4 Å². The largest absolute Gasteiger partial charge is 0.454 e. The number of nitrogens with one attached hydrogen (secondary N) is 1. The van der Waals surface area contributed by atoms with E-state index in [0.717, 1.165) is 24.3 Å². The molecule has 0 fully saturated rings. The van der Waals surface area contributed by atoms with Gasteiger partial charge in [0.25, 0.3) is 0 Å². The number of nitrogens with two attached hydrogens (primary N) is 1. The number of hydrogen-bond acceptors (Lipinski definition) is 4. The van der Waals surface area contributed by atoms with Crippen LogP contribution in [0.4, 0.5) is 0 Å². The molecule has 0 saturated heterocycles. The van der Waals surface area contributed by atoms with Gasteiger partial charge in [-0.1, -0.05) is 13.8 Å². The van der Waals surface area contributed by atoms with Crippen molar-refractivity contribution in [2.75, 3.05) is 6.79 Å². The standard InChI is InChI=1S/C16H22N2O3/c1-9(2)3-13(17)16(19)18-12-4-10-6-14-15(21-8-20-14)7-11(10)5-12/h6-7,9,12-13H,3-5,8,17H2,1-2H3,(H,18,19). The monoisotopic (exact) mass is 290 g/mol. The summed E-state index contributed by atoms with van der Waals surface area (Å²) in [5.41, 5.74) is 8.38. The normalized spacial score (nSPS) is 17.9. The lowest BCUT2D eigenvalue weighted by Gasteiger charge is -2.17. The van der Waals surface area contributed by atoms with Gasteiger partial charge in [-0.2, -0.15) is 0 Å². The zero-order valence-corrected chi connectivity index (χ0v) is 12.5. The Labute approximate surface area is 124 Å². The van der Waals surface area contributed by atoms with Crippen molar-refractivity contribution in [3.05, 3.63) is 23.3 Å². The van der Waals surface area contributed by atoms with Gasteiger partial charge >= 0.3 is 0 Å². The first-order valence-electron chi connectivity index (χ1n) is 7.50. The molecule has 0 saturated carbocycles. The molecule has 21 heavy (non-hydrogen) atoms. The van der Waals surface area contributed by atoms with E-state index in [2.05, 4.69) is 19.2 Å². The molecule has 3 rings (SSSR count). The maximum absolute atomic E-state index is 12.1. The highest BCUT2D eigenvalue weighted by Gasteiger charge is 2.28. The molecule has 1 amide bonds. The molecule has 5 heteroatoms. The van der Waals surface area contributed by atoms with E-state index >= 15 is 0 Å². The van der Waals surface area contributed by atoms with E-state index < -0.39 is 6.04 Å². The molecule has 1 aromatic carbocycles. The molecule has 0 aromatic heterocycles. The zero-order chi connectivity index (χ0) is 15.0. The van der Waals surface area contributed by atoms with Gasteiger partial charge in [0.05, 0.1) is 6.04 Å². The van der Waals surface area contributed by atoms with Crippen LogP contribution in [-0.2, 0) is 17.6 Å². The SMILES string of the molecule is CC(C)CC(N)C(=O)NC1Cc2cc3c(cc2C1)OCO3. The van der Waals surface area contributed by atoms with Gasteiger partial charge in [0.1, 0.15) is 0 Å². The van der Waals surface area contributed by atoms with Crippen molar-refractivity contribution in [1.29, 1.82) is 0 Å². The van der Waals surface area contributed by atoms with Crippen LogP contribution < -0.4 is 20.5 Å². The first-order valence-corrected chi connectivity index (χ1v) is 7.50. The van der Waals surface area contributed by atoms with Crippen molar-refractivity contribution in [3.8, 4) is 11.5 Å². The smallest absolute Gasteiger partial charge is 0.237 e. The van der Waals surface area contributed by atoms with E-state index in [4.69, 9.17) is 15.2 Å². The summed E-state index contributed by atoms with van der Waals surface area (Å²) in [5, 5.41) is 3.06. The number of ether oxygens (including phenoxy) is 2. The van der Waals surface area contributed by atoms with Crippen molar-refractivity contribution >= 4 is 5.91 Å². The summed E-state index contributed by atoms with van der Waals surface area (Å²) >= 11 is 0. The topological polar surface area (TPSA) is 73.6 Å². The number of carbonyl (C=O) groups excluding carboxylic acids is 1. The van der Waals surface area contributed by atoms with Crippen molar-refractivity contribution in [3.63, 3.8) is 0 Å². The van der Waals surface area contributed by atoms with Crippen LogP contribution >= 0.6 is 0 Å². The minimum atomic E-state index is -0.426. The third-order valence-corrected chi connectivity index (χ3v) is 4.04. The van der Waals surface area contributed by atoms with E-state index in [1.807, 2.05) is 12.1 Å². The lowest BCUT2D eigenvalue weighted by Crippen LogP contribution is -2.46. The van der Waals surface area contributed by atoms with Gasteiger partial charge in [0.2, 0.25) is 12.7 Å². The quantitative estimate of drug-likeness (QED) is 0.878. The molecule has 1 aliphatic heterocycles. The number of hydrogen-bond donors (Lipinski definition) is 2. The minimum Gasteiger partial charge on any atom is -0.454 e. The molecule has 0 radical (unpaired) electrons. The molecule has 1 aliphatic carbocycles. The van der Waals surface area contributed by atoms with Crippen molar-refractivity contribution in [2.45, 2.75) is 45.2 Å². The van der Waals surface area contributed by atoms with Crippen LogP contribution in [0.15, 0.2) is 12.1 Å². The van der Waals surface area contributed by atoms with E-state index in [1.165, 1.54) is 11.1 Å². The van der Waals surface area contributed by atoms with Crippen LogP contribution in [0.3, 0.4) is 0 Å². The van der Waals surface area contributed by atoms with Gasteiger partial charge in [0, 0.05) is 6.04 Å². The second kappa shape index (κ2) is 5.56. The molecule has 0 spiro atoms. The summed E-state index contributed by atoms with van der Waals surface area (Å²) < 4.78 is 10.8. The fraction of sp³-hybridized carbons (Fsp3) is 0.562. The van der Waals surface area contributed by atoms with Gasteiger partial charge in [-0.25, -0.2) is 0 Å². The lowest BCUT2D eigenvalue weighted by atomic mass is 10.0. The molecule has 3 N–H and O–H groups in total. The Bertz CT molecular complexity index is 524. The highest BCUT2D eigenvalue weighted by molar-refractivity contribution is 5.82. The van der Waals surface area contributed by atoms with Gasteiger partial charge in [-0.15, -0.1) is 0 Å². The summed E-state index contributed by atoms with van der Waals surface area (Å²) in [6.45, 7) is 4.43. The zero-order valence-electron chi connectivity index (χ0n) is 12.5. The first-order chi connectivity index (χ1) is 10.0. The first kappa shape index (κ1) is 14.2. The number of fused-ring (bicyclic) bond motifs is 2. The van der Waals surface area contributed by atoms with Crippen molar-refractivity contribution < 1.29 is 14.3 Å². The van der Waals surface area contributed by atoms with E-state index in [9.17, 15) is 4.79 Å². The Morgan fingerprint density at radius 3 is 2.38 bits per heavy atom. The Balaban J connectivity index is 1.62. The fourth-order valence-electron chi connectivity index (χ4n) is 3.03. The number of rotatable bonds is 4. The Morgan fingerprint density at radius 1 is 1.29 bits per heavy atom. The molecule has 1 unspecified atom stereocenters. The predicted molar refractivity (Wildman–Crippen MR) is 79.3 cm³/mol. The lowest BCUT2D eigenvalue weighted by molar-refractivity contribution is -0.123. The molecule has 1 heterocycles. The van der Waals surface area contributed by atoms with Crippen LogP contribution in [-0.4, -0.2) is 24.8 Å². The summed E-state index contributed by atoms with van der Waals surface area (Å²) in [6.07, 6.45) is 2.36. The second-order valence-corrected chi connectivity index (χ2v) is 6.32. The van der Waals surface area contributed by atoms with E-state index in [1.54, 1.807) is 0 Å². The summed E-state index contributed by atoms with van der Waals surface area (Å²) in [4.78, 5) is 12.1. The second-order valence-electron chi connectivity index (χ2n) is 6.32. The van der Waals surface area contributed by atoms with Crippen LogP contribution in [0.2, 0.25) is 0 Å². The average molecular weight is 290 g/mol. The Hall–Kier alpha value is -1.75. The Morgan fingerprint density at radius 2 is 1.86 bits per heavy atom. The maximum atomic E-state index is 12.1. The summed E-state index contributed by atoms with van der Waals surface area (Å²) in [6, 6.07) is 3.74. The minimum absolute atomic E-state index is 0.0541. The van der Waals surface area contributed by atoms with Gasteiger partial charge in [0.15, 0.2) is 11.5 Å². The summed E-state index contributed by atoms with van der Waals surface area (Å²) in [5.74, 6) is 1.97. The molecule has 114 valence electrons. The van der Waals surface area contributed by atoms with Gasteiger partial charge in [-0.05, 0) is 48.4 Å². The highest BCUT2D eigenvalue weighted by Crippen LogP contribution is 2.37. The van der Waals surface area contributed by atoms with Crippen LogP contribution in [0.5, 0.6) is 11.5 Å². The average Bonchev–Trinajstić information content (AvgIpc) is 2.99. The third kappa shape index (κ3) is 2.97. The number of amides is 1. The number of benzene rings is 1. The van der Waals surface area contributed by atoms with Crippen molar-refractivity contribution in [1.82, 2.24) is 5.32 Å². The molecule has 5 nitrogen and oxygen atoms in total. The summed E-state index contributed by atoms with van der Waals surface area (Å²) in [7, 11) is 0. The highest BCUT2D eigenvalue weighted by atomic mass is 16.7. The molecule has 2 aliphatic rings. The third-order valence-electron chi connectivity index (χ3n) is 4.04. The molecular formula is C16H22N2O3. The molecule has 1 aromatic rings. The Kier molecular flexibility index (Phi) is 3.76. The number of carbonyl (C=O) groups is 1. The molecule has 0 bridgehead atoms.